The Bertz CT molecular complexity index is 722. The molecular formula is C15H13IN2O. The lowest BCUT2D eigenvalue weighted by Crippen LogP contribution is -2.14. The van der Waals surface area contributed by atoms with Crippen LogP contribution in [-0.2, 0) is 7.05 Å². The van der Waals surface area contributed by atoms with Gasteiger partial charge in [0.1, 0.15) is 0 Å². The zero-order valence-electron chi connectivity index (χ0n) is 10.4. The van der Waals surface area contributed by atoms with E-state index in [9.17, 15) is 4.79 Å². The molecule has 0 fully saturated rings. The third-order valence-corrected chi connectivity index (χ3v) is 3.02. The zero-order chi connectivity index (χ0) is 12.5. The van der Waals surface area contributed by atoms with Gasteiger partial charge in [-0.15, -0.1) is 24.0 Å². The third kappa shape index (κ3) is 2.53. The summed E-state index contributed by atoms with van der Waals surface area (Å²) in [4.78, 5) is 16.1. The van der Waals surface area contributed by atoms with Crippen LogP contribution in [-0.4, -0.2) is 9.55 Å². The van der Waals surface area contributed by atoms with Gasteiger partial charge < -0.3 is 4.57 Å². The first-order valence-electron chi connectivity index (χ1n) is 5.77. The number of hydrogen-bond donors (Lipinski definition) is 0. The molecule has 0 aromatic heterocycles. The summed E-state index contributed by atoms with van der Waals surface area (Å²) in [5.74, 6) is 0. The van der Waals surface area contributed by atoms with E-state index < -0.39 is 0 Å². The zero-order valence-corrected chi connectivity index (χ0v) is 12.7. The van der Waals surface area contributed by atoms with Crippen molar-refractivity contribution < 1.29 is 0 Å². The first kappa shape index (κ1) is 13.7. The number of hydrogen-bond acceptors (Lipinski definition) is 2. The highest BCUT2D eigenvalue weighted by atomic mass is 127. The Morgan fingerprint density at radius 1 is 1.05 bits per heavy atom. The van der Waals surface area contributed by atoms with Crippen molar-refractivity contribution in [2.24, 2.45) is 7.05 Å². The predicted molar refractivity (Wildman–Crippen MR) is 87.0 cm³/mol. The van der Waals surface area contributed by atoms with Crippen LogP contribution >= 0.6 is 24.0 Å². The van der Waals surface area contributed by atoms with E-state index in [1.54, 1.807) is 6.07 Å². The molecule has 4 heteroatoms. The highest BCUT2D eigenvalue weighted by Crippen LogP contribution is 2.22. The monoisotopic (exact) mass is 364 g/mol. The number of fused-ring (bicyclic) bond motifs is 1. The largest absolute Gasteiger partial charge is 0.350 e. The van der Waals surface area contributed by atoms with Gasteiger partial charge >= 0.3 is 0 Å². The van der Waals surface area contributed by atoms with Crippen LogP contribution < -0.4 is 5.56 Å². The van der Waals surface area contributed by atoms with Crippen molar-refractivity contribution in [1.29, 1.82) is 0 Å². The van der Waals surface area contributed by atoms with Gasteiger partial charge in [-0.25, -0.2) is 4.98 Å². The van der Waals surface area contributed by atoms with E-state index in [0.717, 1.165) is 17.0 Å². The molecular weight excluding hydrogens is 351 g/mol. The summed E-state index contributed by atoms with van der Waals surface area (Å²) in [5.41, 5.74) is 3.05. The van der Waals surface area contributed by atoms with E-state index in [0.29, 0.717) is 5.56 Å². The SMILES string of the molecule is Cn1cccc2c(=O)nc(-c3ccccc3)cc1-2.I. The maximum absolute atomic E-state index is 12.0. The lowest BCUT2D eigenvalue weighted by Gasteiger charge is -2.11. The summed E-state index contributed by atoms with van der Waals surface area (Å²) in [6.07, 6.45) is 1.93. The predicted octanol–water partition coefficient (Wildman–Crippen LogP) is 3.17. The second kappa shape index (κ2) is 5.52. The lowest BCUT2D eigenvalue weighted by molar-refractivity contribution is 0.906. The van der Waals surface area contributed by atoms with Crippen LogP contribution in [0, 0.1) is 0 Å². The van der Waals surface area contributed by atoms with Gasteiger partial charge in [-0.1, -0.05) is 30.3 Å². The molecule has 1 aromatic rings. The Balaban J connectivity index is 0.00000133. The fraction of sp³-hybridized carbons (Fsp3) is 0.0667. The maximum Gasteiger partial charge on any atom is 0.279 e. The number of benzene rings is 1. The smallest absolute Gasteiger partial charge is 0.279 e. The number of halogens is 1. The van der Waals surface area contributed by atoms with E-state index >= 15 is 0 Å². The highest BCUT2D eigenvalue weighted by Gasteiger charge is 2.11. The van der Waals surface area contributed by atoms with Crippen molar-refractivity contribution in [1.82, 2.24) is 9.55 Å². The van der Waals surface area contributed by atoms with Crippen molar-refractivity contribution in [2.45, 2.75) is 0 Å². The number of aryl methyl sites for hydroxylation is 1. The van der Waals surface area contributed by atoms with Crippen LogP contribution in [0.25, 0.3) is 22.5 Å². The first-order valence-corrected chi connectivity index (χ1v) is 5.77. The Labute approximate surface area is 128 Å². The van der Waals surface area contributed by atoms with Gasteiger partial charge in [0.05, 0.1) is 17.0 Å². The first-order chi connectivity index (χ1) is 8.75. The van der Waals surface area contributed by atoms with E-state index in [-0.39, 0.29) is 29.5 Å². The molecule has 2 aliphatic rings. The molecule has 0 N–H and O–H groups in total. The van der Waals surface area contributed by atoms with Crippen molar-refractivity contribution >= 4 is 24.0 Å². The Morgan fingerprint density at radius 2 is 1.79 bits per heavy atom. The molecule has 3 nitrogen and oxygen atoms in total. The Morgan fingerprint density at radius 3 is 2.53 bits per heavy atom. The van der Waals surface area contributed by atoms with Gasteiger partial charge in [-0.2, -0.15) is 0 Å². The summed E-state index contributed by atoms with van der Waals surface area (Å²) in [7, 11) is 1.93. The van der Waals surface area contributed by atoms with Gasteiger partial charge in [0.25, 0.3) is 5.56 Å². The molecule has 0 saturated heterocycles. The molecule has 0 atom stereocenters. The molecule has 0 radical (unpaired) electrons. The number of pyridine rings is 2. The van der Waals surface area contributed by atoms with Crippen LogP contribution in [0.3, 0.4) is 0 Å². The molecule has 1 aromatic carbocycles. The molecule has 0 spiro atoms. The van der Waals surface area contributed by atoms with Crippen molar-refractivity contribution in [3.63, 3.8) is 0 Å². The summed E-state index contributed by atoms with van der Waals surface area (Å²) >= 11 is 0. The summed E-state index contributed by atoms with van der Waals surface area (Å²) in [6, 6.07) is 15.3. The second-order valence-corrected chi connectivity index (χ2v) is 4.23. The molecule has 2 aliphatic heterocycles. The average molecular weight is 364 g/mol. The van der Waals surface area contributed by atoms with Gasteiger partial charge in [-0.3, -0.25) is 4.79 Å². The molecule has 0 amide bonds. The lowest BCUT2D eigenvalue weighted by atomic mass is 10.1. The van der Waals surface area contributed by atoms with Crippen LogP contribution in [0.2, 0.25) is 0 Å². The summed E-state index contributed by atoms with van der Waals surface area (Å²) < 4.78 is 1.94. The number of aromatic nitrogens is 2. The molecule has 96 valence electrons. The normalized spacial score (nSPS) is 10.2. The minimum atomic E-state index is -0.178. The highest BCUT2D eigenvalue weighted by molar-refractivity contribution is 14.0. The molecule has 0 unspecified atom stereocenters. The topological polar surface area (TPSA) is 34.9 Å². The van der Waals surface area contributed by atoms with Crippen molar-refractivity contribution in [2.75, 3.05) is 0 Å². The van der Waals surface area contributed by atoms with Gasteiger partial charge in [0.2, 0.25) is 0 Å². The minimum Gasteiger partial charge on any atom is -0.350 e. The maximum atomic E-state index is 12.0. The van der Waals surface area contributed by atoms with E-state index in [1.807, 2.05) is 60.3 Å². The Hall–Kier alpha value is -1.69. The van der Waals surface area contributed by atoms with Crippen LogP contribution in [0.4, 0.5) is 0 Å². The quantitative estimate of drug-likeness (QED) is 0.622. The molecule has 19 heavy (non-hydrogen) atoms. The van der Waals surface area contributed by atoms with Crippen molar-refractivity contribution in [3.8, 4) is 22.5 Å². The number of nitrogens with zero attached hydrogens (tertiary/aromatic N) is 2. The summed E-state index contributed by atoms with van der Waals surface area (Å²) in [6.45, 7) is 0. The standard InChI is InChI=1S/C15H12N2O.HI/c1-17-9-5-8-12-14(17)10-13(16-15(12)18)11-6-3-2-4-7-11;/h2-10H,1H3;1H. The number of rotatable bonds is 1. The second-order valence-electron chi connectivity index (χ2n) is 4.23. The Kier molecular flexibility index (Phi) is 3.99. The van der Waals surface area contributed by atoms with Gasteiger partial charge in [0.15, 0.2) is 0 Å². The average Bonchev–Trinajstić information content (AvgIpc) is 2.41. The van der Waals surface area contributed by atoms with Crippen LogP contribution in [0.5, 0.6) is 0 Å². The molecule has 0 bridgehead atoms. The molecule has 0 saturated carbocycles. The molecule has 2 heterocycles. The molecule has 3 rings (SSSR count). The van der Waals surface area contributed by atoms with E-state index in [4.69, 9.17) is 0 Å². The molecule has 0 aliphatic carbocycles. The summed E-state index contributed by atoms with van der Waals surface area (Å²) in [5, 5.41) is 0. The fourth-order valence-corrected chi connectivity index (χ4v) is 2.07. The minimum absolute atomic E-state index is 0. The van der Waals surface area contributed by atoms with Crippen LogP contribution in [0.15, 0.2) is 59.5 Å². The fourth-order valence-electron chi connectivity index (χ4n) is 2.07. The van der Waals surface area contributed by atoms with E-state index in [1.165, 1.54) is 0 Å². The van der Waals surface area contributed by atoms with Gasteiger partial charge in [-0.05, 0) is 18.2 Å². The van der Waals surface area contributed by atoms with E-state index in [2.05, 4.69) is 4.98 Å². The van der Waals surface area contributed by atoms with Crippen LogP contribution in [0.1, 0.15) is 0 Å². The van der Waals surface area contributed by atoms with Crippen molar-refractivity contribution in [3.05, 3.63) is 65.1 Å². The third-order valence-electron chi connectivity index (χ3n) is 3.02. The van der Waals surface area contributed by atoms with Gasteiger partial charge in [0, 0.05) is 18.8 Å².